The average molecular weight is 449 g/mol. The lowest BCUT2D eigenvalue weighted by molar-refractivity contribution is 0.464. The number of aromatic nitrogens is 1. The number of rotatable bonds is 8. The molecule has 0 saturated carbocycles. The molecule has 4 rings (SSSR count). The van der Waals surface area contributed by atoms with Crippen LogP contribution >= 0.6 is 11.3 Å². The van der Waals surface area contributed by atoms with E-state index in [2.05, 4.69) is 37.1 Å². The number of fused-ring (bicyclic) bond motifs is 1. The van der Waals surface area contributed by atoms with Gasteiger partial charge in [-0.15, -0.1) is 11.3 Å². The predicted octanol–water partition coefficient (Wildman–Crippen LogP) is 7.11. The van der Waals surface area contributed by atoms with Crippen LogP contribution in [0.25, 0.3) is 22.2 Å². The van der Waals surface area contributed by atoms with Crippen LogP contribution in [0.15, 0.2) is 51.0 Å². The fourth-order valence-corrected chi connectivity index (χ4v) is 4.50. The number of nitrogens with one attached hydrogen (secondary N) is 1. The Bertz CT molecular complexity index is 1310. The van der Waals surface area contributed by atoms with Crippen molar-refractivity contribution in [3.8, 4) is 17.0 Å². The van der Waals surface area contributed by atoms with E-state index in [0.29, 0.717) is 16.8 Å². The third-order valence-corrected chi connectivity index (χ3v) is 6.62. The first-order valence-electron chi connectivity index (χ1n) is 11.0. The number of unbranched alkanes of at least 4 members (excludes halogenated alkanes) is 3. The van der Waals surface area contributed by atoms with Crippen LogP contribution in [-0.2, 0) is 6.42 Å². The maximum absolute atomic E-state index is 12.6. The Morgan fingerprint density at radius 2 is 1.97 bits per heavy atom. The molecule has 4 aromatic rings. The minimum atomic E-state index is -0.462. The number of benzene rings is 2. The lowest BCUT2D eigenvalue weighted by Gasteiger charge is -2.08. The molecule has 2 N–H and O–H groups in total. The first-order valence-corrected chi connectivity index (χ1v) is 11.9. The molecule has 0 saturated heterocycles. The molecule has 2 aromatic heterocycles. The summed E-state index contributed by atoms with van der Waals surface area (Å²) in [5.41, 5.74) is 5.18. The summed E-state index contributed by atoms with van der Waals surface area (Å²) in [6.45, 7) is 6.32. The number of hydrogen-bond donors (Lipinski definition) is 2. The van der Waals surface area contributed by atoms with Crippen molar-refractivity contribution in [1.29, 1.82) is 0 Å². The fourth-order valence-electron chi connectivity index (χ4n) is 3.78. The monoisotopic (exact) mass is 448 g/mol. The van der Waals surface area contributed by atoms with Crippen LogP contribution in [0.5, 0.6) is 5.75 Å². The fraction of sp³-hybridized carbons (Fsp3) is 0.308. The van der Waals surface area contributed by atoms with Crippen LogP contribution in [0, 0.1) is 13.8 Å². The molecule has 0 atom stereocenters. The van der Waals surface area contributed by atoms with Gasteiger partial charge in [-0.2, -0.15) is 0 Å². The summed E-state index contributed by atoms with van der Waals surface area (Å²) in [6, 6.07) is 11.4. The Labute approximate surface area is 191 Å². The van der Waals surface area contributed by atoms with E-state index in [0.717, 1.165) is 41.0 Å². The molecule has 2 heterocycles. The van der Waals surface area contributed by atoms with Gasteiger partial charge in [-0.25, -0.2) is 9.78 Å². The van der Waals surface area contributed by atoms with E-state index in [1.54, 1.807) is 6.07 Å². The van der Waals surface area contributed by atoms with Crippen LogP contribution in [0.1, 0.15) is 49.3 Å². The molecule has 0 fully saturated rings. The minimum absolute atomic E-state index is 0.179. The highest BCUT2D eigenvalue weighted by Crippen LogP contribution is 2.31. The van der Waals surface area contributed by atoms with Crippen molar-refractivity contribution in [3.05, 3.63) is 68.9 Å². The summed E-state index contributed by atoms with van der Waals surface area (Å²) < 4.78 is 5.52. The van der Waals surface area contributed by atoms with Crippen molar-refractivity contribution >= 4 is 33.1 Å². The van der Waals surface area contributed by atoms with Crippen LogP contribution in [-0.4, -0.2) is 10.1 Å². The largest absolute Gasteiger partial charge is 0.508 e. The van der Waals surface area contributed by atoms with E-state index in [9.17, 15) is 9.90 Å². The van der Waals surface area contributed by atoms with Crippen LogP contribution in [0.4, 0.5) is 10.8 Å². The third kappa shape index (κ3) is 4.70. The third-order valence-electron chi connectivity index (χ3n) is 5.86. The Hall–Kier alpha value is -3.12. The van der Waals surface area contributed by atoms with E-state index in [1.807, 2.05) is 29.6 Å². The van der Waals surface area contributed by atoms with Crippen molar-refractivity contribution in [2.45, 2.75) is 52.9 Å². The molecule has 0 radical (unpaired) electrons. The highest BCUT2D eigenvalue weighted by molar-refractivity contribution is 7.14. The van der Waals surface area contributed by atoms with Gasteiger partial charge in [0, 0.05) is 22.5 Å². The highest BCUT2D eigenvalue weighted by atomic mass is 32.1. The number of phenols is 1. The Balaban J connectivity index is 1.62. The zero-order chi connectivity index (χ0) is 22.7. The lowest BCUT2D eigenvalue weighted by atomic mass is 10.0. The number of aryl methyl sites for hydroxylation is 2. The van der Waals surface area contributed by atoms with Gasteiger partial charge in [-0.05, 0) is 61.6 Å². The van der Waals surface area contributed by atoms with E-state index in [-0.39, 0.29) is 5.75 Å². The van der Waals surface area contributed by atoms with E-state index in [4.69, 9.17) is 4.42 Å². The number of hydrogen-bond acceptors (Lipinski definition) is 6. The first kappa shape index (κ1) is 22.1. The SMILES string of the molecule is CCCCCCc1cc2cc(-c3csc(Nc4cccc(C)c4C)n3)c(=O)oc2cc1O. The van der Waals surface area contributed by atoms with Gasteiger partial charge in [-0.3, -0.25) is 0 Å². The van der Waals surface area contributed by atoms with Crippen LogP contribution in [0.2, 0.25) is 0 Å². The van der Waals surface area contributed by atoms with Crippen molar-refractivity contribution in [1.82, 2.24) is 4.98 Å². The number of nitrogens with zero attached hydrogens (tertiary/aromatic N) is 1. The smallest absolute Gasteiger partial charge is 0.345 e. The van der Waals surface area contributed by atoms with Gasteiger partial charge in [0.15, 0.2) is 5.13 Å². The second-order valence-corrected chi connectivity index (χ2v) is 9.05. The molecule has 166 valence electrons. The Kier molecular flexibility index (Phi) is 6.61. The Morgan fingerprint density at radius 3 is 2.78 bits per heavy atom. The van der Waals surface area contributed by atoms with E-state index < -0.39 is 5.63 Å². The normalized spacial score (nSPS) is 11.2. The van der Waals surface area contributed by atoms with Gasteiger partial charge < -0.3 is 14.8 Å². The van der Waals surface area contributed by atoms with Crippen molar-refractivity contribution < 1.29 is 9.52 Å². The van der Waals surface area contributed by atoms with Gasteiger partial charge in [0.25, 0.3) is 0 Å². The molecule has 0 aliphatic rings. The second-order valence-electron chi connectivity index (χ2n) is 8.19. The number of thiazole rings is 1. The summed E-state index contributed by atoms with van der Waals surface area (Å²) in [6.07, 6.45) is 5.33. The van der Waals surface area contributed by atoms with Gasteiger partial charge >= 0.3 is 5.63 Å². The zero-order valence-corrected chi connectivity index (χ0v) is 19.5. The first-order chi connectivity index (χ1) is 15.5. The molecule has 0 unspecified atom stereocenters. The predicted molar refractivity (Wildman–Crippen MR) is 132 cm³/mol. The molecule has 0 spiro atoms. The standard InChI is InChI=1S/C26H28N2O3S/c1-4-5-6-7-10-18-12-19-13-20(25(30)31-24(19)14-23(18)29)22-15-32-26(28-22)27-21-11-8-9-16(2)17(21)3/h8-9,11-15,29H,4-7,10H2,1-3H3,(H,27,28). The molecule has 0 bridgehead atoms. The van der Waals surface area contributed by atoms with Gasteiger partial charge in [0.2, 0.25) is 0 Å². The van der Waals surface area contributed by atoms with Crippen molar-refractivity contribution in [3.63, 3.8) is 0 Å². The molecular weight excluding hydrogens is 420 g/mol. The molecule has 0 aliphatic heterocycles. The number of anilines is 2. The van der Waals surface area contributed by atoms with E-state index >= 15 is 0 Å². The molecular formula is C26H28N2O3S. The Morgan fingerprint density at radius 1 is 1.12 bits per heavy atom. The molecule has 0 aliphatic carbocycles. The van der Waals surface area contributed by atoms with Gasteiger partial charge in [0.05, 0.1) is 11.3 Å². The summed E-state index contributed by atoms with van der Waals surface area (Å²) in [5.74, 6) is 0.179. The van der Waals surface area contributed by atoms with Crippen LogP contribution < -0.4 is 10.9 Å². The molecule has 32 heavy (non-hydrogen) atoms. The maximum Gasteiger partial charge on any atom is 0.345 e. The summed E-state index contributed by atoms with van der Waals surface area (Å²) in [5, 5.41) is 17.1. The zero-order valence-electron chi connectivity index (χ0n) is 18.7. The number of aromatic hydroxyl groups is 1. The molecule has 2 aromatic carbocycles. The molecule has 0 amide bonds. The number of phenolic OH excluding ortho intramolecular Hbond substituents is 1. The van der Waals surface area contributed by atoms with Crippen molar-refractivity contribution in [2.24, 2.45) is 0 Å². The second kappa shape index (κ2) is 9.57. The van der Waals surface area contributed by atoms with Crippen LogP contribution in [0.3, 0.4) is 0 Å². The quantitative estimate of drug-likeness (QED) is 0.222. The highest BCUT2D eigenvalue weighted by Gasteiger charge is 2.14. The average Bonchev–Trinajstić information content (AvgIpc) is 3.23. The topological polar surface area (TPSA) is 75.4 Å². The maximum atomic E-state index is 12.6. The lowest BCUT2D eigenvalue weighted by Crippen LogP contribution is -2.03. The summed E-state index contributed by atoms with van der Waals surface area (Å²) in [4.78, 5) is 17.3. The molecule has 6 heteroatoms. The summed E-state index contributed by atoms with van der Waals surface area (Å²) in [7, 11) is 0. The van der Waals surface area contributed by atoms with Crippen molar-refractivity contribution in [2.75, 3.05) is 5.32 Å². The molecule has 5 nitrogen and oxygen atoms in total. The van der Waals surface area contributed by atoms with Gasteiger partial charge in [-0.1, -0.05) is 38.3 Å². The minimum Gasteiger partial charge on any atom is -0.508 e. The van der Waals surface area contributed by atoms with E-state index in [1.165, 1.54) is 35.3 Å². The summed E-state index contributed by atoms with van der Waals surface area (Å²) >= 11 is 1.45. The van der Waals surface area contributed by atoms with Gasteiger partial charge in [0.1, 0.15) is 11.3 Å².